The molecule has 71 valence electrons. The zero-order chi connectivity index (χ0) is 9.52. The van der Waals surface area contributed by atoms with Crippen molar-refractivity contribution >= 4 is 0 Å². The Labute approximate surface area is 82.0 Å². The second-order valence-corrected chi connectivity index (χ2v) is 3.43. The van der Waals surface area contributed by atoms with Gasteiger partial charge in [0.15, 0.2) is 0 Å². The first-order chi connectivity index (χ1) is 6.38. The van der Waals surface area contributed by atoms with Crippen LogP contribution in [0.25, 0.3) is 0 Å². The minimum absolute atomic E-state index is 1.18. The first kappa shape index (κ1) is 10.3. The molecule has 0 heterocycles. The van der Waals surface area contributed by atoms with E-state index in [0.29, 0.717) is 0 Å². The number of rotatable bonds is 5. The molecule has 0 amide bonds. The van der Waals surface area contributed by atoms with E-state index in [-0.39, 0.29) is 0 Å². The van der Waals surface area contributed by atoms with Gasteiger partial charge in [-0.15, -0.1) is 0 Å². The Kier molecular flexibility index (Phi) is 4.59. The van der Waals surface area contributed by atoms with Crippen LogP contribution in [-0.4, -0.2) is 0 Å². The van der Waals surface area contributed by atoms with E-state index >= 15 is 0 Å². The van der Waals surface area contributed by atoms with Gasteiger partial charge < -0.3 is 0 Å². The summed E-state index contributed by atoms with van der Waals surface area (Å²) in [6, 6.07) is 10.8. The molecule has 0 aliphatic heterocycles. The van der Waals surface area contributed by atoms with E-state index in [1.165, 1.54) is 31.2 Å². The second kappa shape index (κ2) is 5.80. The van der Waals surface area contributed by atoms with Gasteiger partial charge in [-0.05, 0) is 18.4 Å². The Morgan fingerprint density at radius 2 is 1.77 bits per heavy atom. The third-order valence-electron chi connectivity index (χ3n) is 2.44. The number of hydrogen-bond donors (Lipinski definition) is 0. The van der Waals surface area contributed by atoms with Gasteiger partial charge in [0.1, 0.15) is 0 Å². The smallest absolute Gasteiger partial charge is 0.00471 e. The van der Waals surface area contributed by atoms with Gasteiger partial charge in [-0.1, -0.05) is 57.0 Å². The number of benzene rings is 1. The molecule has 0 aromatic heterocycles. The summed E-state index contributed by atoms with van der Waals surface area (Å²) in [6.07, 6.45) is 5.05. The van der Waals surface area contributed by atoms with Crippen LogP contribution < -0.4 is 0 Å². The van der Waals surface area contributed by atoms with Crippen LogP contribution in [0.1, 0.15) is 45.1 Å². The van der Waals surface area contributed by atoms with Crippen molar-refractivity contribution in [3.05, 3.63) is 41.8 Å². The second-order valence-electron chi connectivity index (χ2n) is 3.43. The Morgan fingerprint density at radius 1 is 1.08 bits per heavy atom. The Morgan fingerprint density at radius 3 is 2.31 bits per heavy atom. The van der Waals surface area contributed by atoms with Crippen LogP contribution in [0.15, 0.2) is 30.3 Å². The van der Waals surface area contributed by atoms with Crippen LogP contribution in [0, 0.1) is 5.92 Å². The standard InChI is InChI=1S/C13H19/c1-3-5-9-12(4-2)13-10-7-6-8-11-13/h6-8,10-11H,3-5,9H2,1-2H3. The zero-order valence-corrected chi connectivity index (χ0v) is 8.72. The molecule has 1 aromatic rings. The highest BCUT2D eigenvalue weighted by molar-refractivity contribution is 5.29. The molecular formula is C13H19. The van der Waals surface area contributed by atoms with Gasteiger partial charge in [-0.3, -0.25) is 0 Å². The van der Waals surface area contributed by atoms with E-state index in [9.17, 15) is 0 Å². The Balaban J connectivity index is 2.56. The van der Waals surface area contributed by atoms with E-state index in [1.54, 1.807) is 5.92 Å². The van der Waals surface area contributed by atoms with Crippen LogP contribution in [0.3, 0.4) is 0 Å². The predicted molar refractivity (Wildman–Crippen MR) is 58.6 cm³/mol. The number of unbranched alkanes of at least 4 members (excludes halogenated alkanes) is 1. The van der Waals surface area contributed by atoms with Crippen LogP contribution in [-0.2, 0) is 0 Å². The average Bonchev–Trinajstić information content (AvgIpc) is 2.21. The minimum atomic E-state index is 1.18. The SMILES string of the molecule is CCCC[C](CC)c1ccccc1. The molecule has 0 bridgehead atoms. The van der Waals surface area contributed by atoms with Gasteiger partial charge in [0.2, 0.25) is 0 Å². The molecule has 0 N–H and O–H groups in total. The van der Waals surface area contributed by atoms with E-state index in [0.717, 1.165) is 0 Å². The molecule has 0 fully saturated rings. The first-order valence-electron chi connectivity index (χ1n) is 5.28. The highest BCUT2D eigenvalue weighted by Crippen LogP contribution is 2.23. The third kappa shape index (κ3) is 3.22. The summed E-state index contributed by atoms with van der Waals surface area (Å²) in [5.41, 5.74) is 1.43. The van der Waals surface area contributed by atoms with Gasteiger partial charge in [0.25, 0.3) is 0 Å². The van der Waals surface area contributed by atoms with Gasteiger partial charge in [0, 0.05) is 5.92 Å². The molecule has 1 rings (SSSR count). The van der Waals surface area contributed by atoms with Crippen molar-refractivity contribution in [2.75, 3.05) is 0 Å². The highest BCUT2D eigenvalue weighted by atomic mass is 14.1. The van der Waals surface area contributed by atoms with Crippen molar-refractivity contribution in [1.82, 2.24) is 0 Å². The lowest BCUT2D eigenvalue weighted by atomic mass is 9.91. The lowest BCUT2D eigenvalue weighted by Gasteiger charge is -2.13. The van der Waals surface area contributed by atoms with Crippen molar-refractivity contribution < 1.29 is 0 Å². The Hall–Kier alpha value is -0.780. The summed E-state index contributed by atoms with van der Waals surface area (Å²) in [5, 5.41) is 0. The summed E-state index contributed by atoms with van der Waals surface area (Å²) in [4.78, 5) is 0. The molecule has 0 atom stereocenters. The van der Waals surface area contributed by atoms with Gasteiger partial charge in [-0.25, -0.2) is 0 Å². The predicted octanol–water partition coefficient (Wildman–Crippen LogP) is 4.21. The van der Waals surface area contributed by atoms with E-state index in [1.807, 2.05) is 0 Å². The molecular weight excluding hydrogens is 156 g/mol. The lowest BCUT2D eigenvalue weighted by Crippen LogP contribution is -1.97. The van der Waals surface area contributed by atoms with Crippen molar-refractivity contribution in [2.24, 2.45) is 0 Å². The summed E-state index contributed by atoms with van der Waals surface area (Å²) in [7, 11) is 0. The summed E-state index contributed by atoms with van der Waals surface area (Å²) in [6.45, 7) is 4.50. The minimum Gasteiger partial charge on any atom is -0.0654 e. The van der Waals surface area contributed by atoms with Crippen LogP contribution in [0.4, 0.5) is 0 Å². The first-order valence-corrected chi connectivity index (χ1v) is 5.28. The highest BCUT2D eigenvalue weighted by Gasteiger charge is 2.07. The van der Waals surface area contributed by atoms with Crippen molar-refractivity contribution in [3.63, 3.8) is 0 Å². The molecule has 0 nitrogen and oxygen atoms in total. The quantitative estimate of drug-likeness (QED) is 0.629. The van der Waals surface area contributed by atoms with Crippen molar-refractivity contribution in [1.29, 1.82) is 0 Å². The summed E-state index contributed by atoms with van der Waals surface area (Å²) in [5.74, 6) is 1.60. The van der Waals surface area contributed by atoms with Crippen LogP contribution >= 0.6 is 0 Å². The topological polar surface area (TPSA) is 0 Å². The maximum Gasteiger partial charge on any atom is 0.00471 e. The molecule has 0 aliphatic carbocycles. The van der Waals surface area contributed by atoms with Crippen LogP contribution in [0.5, 0.6) is 0 Å². The molecule has 1 aromatic carbocycles. The molecule has 0 saturated carbocycles. The van der Waals surface area contributed by atoms with E-state index < -0.39 is 0 Å². The molecule has 0 spiro atoms. The molecule has 1 radical (unpaired) electrons. The maximum atomic E-state index is 2.25. The fourth-order valence-corrected chi connectivity index (χ4v) is 1.59. The van der Waals surface area contributed by atoms with Crippen molar-refractivity contribution in [3.8, 4) is 0 Å². The third-order valence-corrected chi connectivity index (χ3v) is 2.44. The fourth-order valence-electron chi connectivity index (χ4n) is 1.59. The fraction of sp³-hybridized carbons (Fsp3) is 0.462. The molecule has 0 unspecified atom stereocenters. The molecule has 0 saturated heterocycles. The van der Waals surface area contributed by atoms with Gasteiger partial charge in [0.05, 0.1) is 0 Å². The summed E-state index contributed by atoms with van der Waals surface area (Å²) >= 11 is 0. The normalized spacial score (nSPS) is 10.7. The molecule has 13 heavy (non-hydrogen) atoms. The Bertz CT molecular complexity index is 213. The van der Waals surface area contributed by atoms with Crippen LogP contribution in [0.2, 0.25) is 0 Å². The monoisotopic (exact) mass is 175 g/mol. The van der Waals surface area contributed by atoms with E-state index in [2.05, 4.69) is 44.2 Å². The number of hydrogen-bond acceptors (Lipinski definition) is 0. The average molecular weight is 175 g/mol. The van der Waals surface area contributed by atoms with Gasteiger partial charge >= 0.3 is 0 Å². The van der Waals surface area contributed by atoms with Gasteiger partial charge in [-0.2, -0.15) is 0 Å². The summed E-state index contributed by atoms with van der Waals surface area (Å²) < 4.78 is 0. The largest absolute Gasteiger partial charge is 0.0654 e. The van der Waals surface area contributed by atoms with E-state index in [4.69, 9.17) is 0 Å². The molecule has 0 aliphatic rings. The maximum absolute atomic E-state index is 2.25. The zero-order valence-electron chi connectivity index (χ0n) is 8.72. The van der Waals surface area contributed by atoms with Crippen molar-refractivity contribution in [2.45, 2.75) is 39.5 Å². The molecule has 0 heteroatoms. The lowest BCUT2D eigenvalue weighted by molar-refractivity contribution is 0.709.